The van der Waals surface area contributed by atoms with Crippen molar-refractivity contribution in [1.29, 1.82) is 0 Å². The van der Waals surface area contributed by atoms with Gasteiger partial charge < -0.3 is 24.4 Å². The van der Waals surface area contributed by atoms with E-state index in [1.54, 1.807) is 13.8 Å². The molecule has 1 heterocycles. The van der Waals surface area contributed by atoms with Gasteiger partial charge in [-0.3, -0.25) is 4.79 Å². The Balaban J connectivity index is 2.75. The number of carbonyl (C=O) groups is 3. The van der Waals surface area contributed by atoms with Gasteiger partial charge >= 0.3 is 17.9 Å². The van der Waals surface area contributed by atoms with Crippen LogP contribution in [0.15, 0.2) is 11.1 Å². The molecule has 0 unspecified atom stereocenters. The van der Waals surface area contributed by atoms with E-state index in [-0.39, 0.29) is 23.7 Å². The molecule has 0 aromatic carbocycles. The maximum absolute atomic E-state index is 12.0. The van der Waals surface area contributed by atoms with E-state index in [1.165, 1.54) is 14.0 Å². The SMILES string of the molecule is CO[C@@H](CO)[C@H](OC(=O)C[C@@H](O)C1=C(C)C(=O)OC1=O)C(C)C. The number of methoxy groups -OCH3 is 1. The molecule has 0 aromatic heterocycles. The summed E-state index contributed by atoms with van der Waals surface area (Å²) in [4.78, 5) is 34.7. The second-order valence-corrected chi connectivity index (χ2v) is 5.59. The lowest BCUT2D eigenvalue weighted by atomic mass is 10.0. The van der Waals surface area contributed by atoms with Crippen molar-refractivity contribution in [2.24, 2.45) is 5.92 Å². The van der Waals surface area contributed by atoms with Crippen molar-refractivity contribution in [2.45, 2.75) is 45.5 Å². The van der Waals surface area contributed by atoms with E-state index in [0.717, 1.165) is 0 Å². The van der Waals surface area contributed by atoms with E-state index in [9.17, 15) is 24.6 Å². The number of ether oxygens (including phenoxy) is 3. The van der Waals surface area contributed by atoms with Gasteiger partial charge in [0.2, 0.25) is 0 Å². The lowest BCUT2D eigenvalue weighted by molar-refractivity contribution is -0.164. The van der Waals surface area contributed by atoms with Crippen LogP contribution in [0, 0.1) is 5.92 Å². The van der Waals surface area contributed by atoms with Crippen LogP contribution < -0.4 is 0 Å². The third-order valence-corrected chi connectivity index (χ3v) is 3.58. The van der Waals surface area contributed by atoms with Gasteiger partial charge in [0.25, 0.3) is 0 Å². The minimum absolute atomic E-state index is 0.0270. The summed E-state index contributed by atoms with van der Waals surface area (Å²) in [6.45, 7) is 4.58. The van der Waals surface area contributed by atoms with E-state index in [0.29, 0.717) is 0 Å². The van der Waals surface area contributed by atoms with Crippen LogP contribution in [-0.4, -0.2) is 60.1 Å². The standard InChI is InChI=1S/C15H22O8/c1-7(2)13(10(6-16)21-4)22-11(18)5-9(17)12-8(3)14(19)23-15(12)20/h7,9-10,13,16-17H,5-6H2,1-4H3/t9-,10+,13-/m1/s1. The minimum atomic E-state index is -1.50. The van der Waals surface area contributed by atoms with Crippen LogP contribution in [0.25, 0.3) is 0 Å². The van der Waals surface area contributed by atoms with Gasteiger partial charge in [0.05, 0.1) is 24.7 Å². The summed E-state index contributed by atoms with van der Waals surface area (Å²) in [7, 11) is 1.38. The molecule has 3 atom stereocenters. The minimum Gasteiger partial charge on any atom is -0.459 e. The molecule has 0 radical (unpaired) electrons. The van der Waals surface area contributed by atoms with Gasteiger partial charge in [-0.05, 0) is 12.8 Å². The molecule has 0 bridgehead atoms. The molecular weight excluding hydrogens is 308 g/mol. The number of aliphatic hydroxyl groups excluding tert-OH is 2. The van der Waals surface area contributed by atoms with Crippen LogP contribution in [0.4, 0.5) is 0 Å². The Morgan fingerprint density at radius 1 is 1.26 bits per heavy atom. The maximum atomic E-state index is 12.0. The zero-order valence-corrected chi connectivity index (χ0v) is 13.6. The molecule has 8 heteroatoms. The van der Waals surface area contributed by atoms with Gasteiger partial charge in [0.1, 0.15) is 12.2 Å². The number of carbonyl (C=O) groups excluding carboxylic acids is 3. The summed E-state index contributed by atoms with van der Waals surface area (Å²) in [6.07, 6.45) is -3.42. The highest BCUT2D eigenvalue weighted by Gasteiger charge is 2.36. The van der Waals surface area contributed by atoms with Crippen molar-refractivity contribution < 1.29 is 38.8 Å². The quantitative estimate of drug-likeness (QED) is 0.460. The molecule has 0 spiro atoms. The van der Waals surface area contributed by atoms with Crippen molar-refractivity contribution in [3.63, 3.8) is 0 Å². The third kappa shape index (κ3) is 4.60. The van der Waals surface area contributed by atoms with Crippen molar-refractivity contribution in [2.75, 3.05) is 13.7 Å². The van der Waals surface area contributed by atoms with E-state index in [4.69, 9.17) is 9.47 Å². The Kier molecular flexibility index (Phi) is 6.86. The molecule has 0 amide bonds. The fraction of sp³-hybridized carbons (Fsp3) is 0.667. The molecule has 2 N–H and O–H groups in total. The predicted molar refractivity (Wildman–Crippen MR) is 77.0 cm³/mol. The monoisotopic (exact) mass is 330 g/mol. The number of esters is 3. The molecule has 0 aliphatic carbocycles. The zero-order valence-electron chi connectivity index (χ0n) is 13.6. The van der Waals surface area contributed by atoms with Crippen LogP contribution in [0.1, 0.15) is 27.2 Å². The zero-order chi connectivity index (χ0) is 17.7. The van der Waals surface area contributed by atoms with Crippen LogP contribution in [0.2, 0.25) is 0 Å². The van der Waals surface area contributed by atoms with Gasteiger partial charge in [0.15, 0.2) is 0 Å². The fourth-order valence-corrected chi connectivity index (χ4v) is 2.28. The van der Waals surface area contributed by atoms with Gasteiger partial charge in [-0.15, -0.1) is 0 Å². The second kappa shape index (κ2) is 8.19. The van der Waals surface area contributed by atoms with E-state index >= 15 is 0 Å². The Morgan fingerprint density at radius 2 is 1.87 bits per heavy atom. The fourth-order valence-electron chi connectivity index (χ4n) is 2.28. The average Bonchev–Trinajstić information content (AvgIpc) is 2.71. The highest BCUT2D eigenvalue weighted by atomic mass is 16.6. The normalized spacial score (nSPS) is 18.9. The van der Waals surface area contributed by atoms with Crippen molar-refractivity contribution in [3.8, 4) is 0 Å². The summed E-state index contributed by atoms with van der Waals surface area (Å²) in [5.41, 5.74) is -0.265. The molecule has 8 nitrogen and oxygen atoms in total. The topological polar surface area (TPSA) is 119 Å². The van der Waals surface area contributed by atoms with Crippen LogP contribution >= 0.6 is 0 Å². The van der Waals surface area contributed by atoms with Gasteiger partial charge in [-0.2, -0.15) is 0 Å². The first-order valence-corrected chi connectivity index (χ1v) is 7.21. The highest BCUT2D eigenvalue weighted by molar-refractivity contribution is 6.12. The summed E-state index contributed by atoms with van der Waals surface area (Å²) >= 11 is 0. The van der Waals surface area contributed by atoms with Gasteiger partial charge in [-0.25, -0.2) is 9.59 Å². The van der Waals surface area contributed by atoms with Crippen molar-refractivity contribution in [3.05, 3.63) is 11.1 Å². The average molecular weight is 330 g/mol. The second-order valence-electron chi connectivity index (χ2n) is 5.59. The Morgan fingerprint density at radius 3 is 2.26 bits per heavy atom. The molecule has 1 rings (SSSR count). The first-order chi connectivity index (χ1) is 10.7. The number of rotatable bonds is 8. The van der Waals surface area contributed by atoms with Gasteiger partial charge in [0, 0.05) is 12.7 Å². The van der Waals surface area contributed by atoms with Crippen molar-refractivity contribution in [1.82, 2.24) is 0 Å². The summed E-state index contributed by atoms with van der Waals surface area (Å²) in [5.74, 6) is -2.71. The molecule has 0 fully saturated rings. The van der Waals surface area contributed by atoms with Crippen LogP contribution in [-0.2, 0) is 28.6 Å². The Labute approximate surface area is 134 Å². The summed E-state index contributed by atoms with van der Waals surface area (Å²) in [5, 5.41) is 19.2. The van der Waals surface area contributed by atoms with Crippen LogP contribution in [0.3, 0.4) is 0 Å². The molecular formula is C15H22O8. The largest absolute Gasteiger partial charge is 0.459 e. The predicted octanol–water partition coefficient (Wildman–Crippen LogP) is -0.288. The molecule has 1 aliphatic rings. The Hall–Kier alpha value is -1.77. The van der Waals surface area contributed by atoms with E-state index < -0.39 is 42.6 Å². The Bertz CT molecular complexity index is 504. The molecule has 0 saturated heterocycles. The lowest BCUT2D eigenvalue weighted by Crippen LogP contribution is -2.40. The molecule has 23 heavy (non-hydrogen) atoms. The maximum Gasteiger partial charge on any atom is 0.345 e. The smallest absolute Gasteiger partial charge is 0.345 e. The first-order valence-electron chi connectivity index (χ1n) is 7.21. The van der Waals surface area contributed by atoms with Crippen molar-refractivity contribution >= 4 is 17.9 Å². The number of hydrogen-bond acceptors (Lipinski definition) is 8. The van der Waals surface area contributed by atoms with E-state index in [2.05, 4.69) is 4.74 Å². The summed E-state index contributed by atoms with van der Waals surface area (Å²) in [6, 6.07) is 0. The van der Waals surface area contributed by atoms with Crippen LogP contribution in [0.5, 0.6) is 0 Å². The lowest BCUT2D eigenvalue weighted by Gasteiger charge is -2.28. The number of cyclic esters (lactones) is 2. The number of hydrogen-bond donors (Lipinski definition) is 2. The summed E-state index contributed by atoms with van der Waals surface area (Å²) < 4.78 is 14.7. The number of aliphatic hydroxyl groups is 2. The highest BCUT2D eigenvalue weighted by Crippen LogP contribution is 2.23. The third-order valence-electron chi connectivity index (χ3n) is 3.58. The van der Waals surface area contributed by atoms with E-state index in [1.807, 2.05) is 0 Å². The first kappa shape index (κ1) is 19.3. The molecule has 130 valence electrons. The molecule has 1 aliphatic heterocycles. The molecule has 0 aromatic rings. The molecule has 0 saturated carbocycles. The van der Waals surface area contributed by atoms with Gasteiger partial charge in [-0.1, -0.05) is 13.8 Å².